The largest absolute Gasteiger partial charge is 0.382 e. The van der Waals surface area contributed by atoms with E-state index >= 15 is 0 Å². The summed E-state index contributed by atoms with van der Waals surface area (Å²) >= 11 is 0. The van der Waals surface area contributed by atoms with Crippen molar-refractivity contribution < 1.29 is 0 Å². The van der Waals surface area contributed by atoms with E-state index in [0.29, 0.717) is 11.7 Å². The van der Waals surface area contributed by atoms with E-state index in [1.807, 2.05) is 44.3 Å². The molecule has 0 amide bonds. The van der Waals surface area contributed by atoms with Gasteiger partial charge in [0.05, 0.1) is 23.1 Å². The summed E-state index contributed by atoms with van der Waals surface area (Å²) in [7, 11) is 0. The van der Waals surface area contributed by atoms with Crippen LogP contribution in [0.25, 0.3) is 34.0 Å². The van der Waals surface area contributed by atoms with E-state index in [2.05, 4.69) is 63.3 Å². The molecule has 5 aromatic rings. The van der Waals surface area contributed by atoms with Crippen molar-refractivity contribution in [2.45, 2.75) is 72.6 Å². The number of nitrogens with zero attached hydrogens (tertiary/aromatic N) is 4. The second kappa shape index (κ2) is 12.6. The Morgan fingerprint density at radius 2 is 1.87 bits per heavy atom. The monoisotopic (exact) mass is 511 g/mol. The van der Waals surface area contributed by atoms with Crippen molar-refractivity contribution in [3.8, 4) is 11.4 Å². The molecule has 0 bridgehead atoms. The van der Waals surface area contributed by atoms with Crippen LogP contribution in [0.5, 0.6) is 0 Å². The number of aryl methyl sites for hydroxylation is 1. The minimum absolute atomic E-state index is 0.486. The summed E-state index contributed by atoms with van der Waals surface area (Å²) < 4.78 is 2.16. The smallest absolute Gasteiger partial charge is 0.150 e. The van der Waals surface area contributed by atoms with Crippen molar-refractivity contribution in [2.24, 2.45) is 5.92 Å². The molecule has 38 heavy (non-hydrogen) atoms. The van der Waals surface area contributed by atoms with Gasteiger partial charge in [-0.05, 0) is 61.9 Å². The Morgan fingerprint density at radius 1 is 1.11 bits per heavy atom. The number of nitrogen functional groups attached to an aromatic ring is 1. The third-order valence-electron chi connectivity index (χ3n) is 7.15. The van der Waals surface area contributed by atoms with Crippen molar-refractivity contribution in [2.75, 3.05) is 5.73 Å². The van der Waals surface area contributed by atoms with E-state index in [9.17, 15) is 0 Å². The average Bonchev–Trinajstić information content (AvgIpc) is 3.67. The van der Waals surface area contributed by atoms with E-state index in [4.69, 9.17) is 10.7 Å². The van der Waals surface area contributed by atoms with Gasteiger partial charge in [-0.25, -0.2) is 15.0 Å². The summed E-state index contributed by atoms with van der Waals surface area (Å²) in [5.74, 6) is 2.96. The molecule has 4 heterocycles. The Bertz CT molecular complexity index is 1450. The zero-order valence-corrected chi connectivity index (χ0v) is 23.3. The number of benzene rings is 1. The number of nitrogens with one attached hydrogen (secondary N) is 2. The molecular weight excluding hydrogens is 470 g/mol. The van der Waals surface area contributed by atoms with Crippen LogP contribution in [0.3, 0.4) is 0 Å². The predicted molar refractivity (Wildman–Crippen MR) is 159 cm³/mol. The molecule has 0 aliphatic heterocycles. The molecule has 0 radical (unpaired) electrons. The number of rotatable bonds is 4. The minimum Gasteiger partial charge on any atom is -0.382 e. The number of para-hydroxylation sites is 2. The molecule has 0 atom stereocenters. The summed E-state index contributed by atoms with van der Waals surface area (Å²) in [4.78, 5) is 20.0. The number of aromatic nitrogens is 6. The fourth-order valence-electron chi connectivity index (χ4n) is 5.07. The molecular formula is C31H41N7. The molecule has 1 aliphatic carbocycles. The van der Waals surface area contributed by atoms with Crippen LogP contribution in [-0.2, 0) is 0 Å². The van der Waals surface area contributed by atoms with E-state index in [1.54, 1.807) is 12.5 Å². The number of fused-ring (bicyclic) bond motifs is 2. The van der Waals surface area contributed by atoms with Crippen LogP contribution in [0.4, 0.5) is 5.82 Å². The van der Waals surface area contributed by atoms with Crippen LogP contribution in [0.1, 0.15) is 82.8 Å². The third kappa shape index (κ3) is 5.82. The fourth-order valence-corrected chi connectivity index (χ4v) is 5.07. The molecule has 1 fully saturated rings. The Labute approximate surface area is 225 Å². The highest BCUT2D eigenvalue weighted by molar-refractivity contribution is 5.85. The molecule has 0 spiro atoms. The molecule has 0 unspecified atom stereocenters. The summed E-state index contributed by atoms with van der Waals surface area (Å²) in [5, 5.41) is 0. The second-order valence-electron chi connectivity index (χ2n) is 9.82. The van der Waals surface area contributed by atoms with Crippen LogP contribution in [0.15, 0.2) is 55.1 Å². The van der Waals surface area contributed by atoms with Gasteiger partial charge in [0.2, 0.25) is 0 Å². The van der Waals surface area contributed by atoms with E-state index in [-0.39, 0.29) is 0 Å². The lowest BCUT2D eigenvalue weighted by Gasteiger charge is -2.25. The Balaban J connectivity index is 0.000000254. The number of aromatic amines is 2. The summed E-state index contributed by atoms with van der Waals surface area (Å²) in [5.41, 5.74) is 13.6. The van der Waals surface area contributed by atoms with Gasteiger partial charge in [-0.2, -0.15) is 0 Å². The van der Waals surface area contributed by atoms with Gasteiger partial charge in [0.1, 0.15) is 22.9 Å². The Hall–Kier alpha value is -3.87. The zero-order chi connectivity index (χ0) is 27.1. The SMILES string of the molecule is CC.CC/C=C\c1[nH]c(-c2nc(C3CCC(C)CC3)n3ccnc(N)c23)cc1C.c1ccc2[nH]cnc2c1. The molecule has 0 saturated heterocycles. The van der Waals surface area contributed by atoms with Gasteiger partial charge in [-0.15, -0.1) is 0 Å². The van der Waals surface area contributed by atoms with Crippen LogP contribution in [-0.4, -0.2) is 29.3 Å². The number of anilines is 1. The first-order valence-corrected chi connectivity index (χ1v) is 13.9. The van der Waals surface area contributed by atoms with Crippen molar-refractivity contribution >= 4 is 28.4 Å². The Morgan fingerprint density at radius 3 is 2.61 bits per heavy atom. The Kier molecular flexibility index (Phi) is 9.00. The zero-order valence-electron chi connectivity index (χ0n) is 23.3. The standard InChI is InChI=1S/C22H29N5.C7H6N2.C2H6/c1-4-5-6-17-15(3)13-18(25-17)19-20-21(23)24-11-12-27(20)22(26-19)16-9-7-14(2)8-10-16;1-2-4-7-6(3-1)8-5-9-7;1-2/h5-6,11-14,16,25H,4,7-10H2,1-3H3,(H2,23,24);1-5H,(H,8,9);1-2H3/b6-5-;;. The topological polar surface area (TPSA) is 101 Å². The molecule has 4 aromatic heterocycles. The van der Waals surface area contributed by atoms with E-state index < -0.39 is 0 Å². The van der Waals surface area contributed by atoms with Gasteiger partial charge in [0.15, 0.2) is 0 Å². The number of allylic oxidation sites excluding steroid dienone is 1. The molecule has 1 aliphatic rings. The highest BCUT2D eigenvalue weighted by atomic mass is 15.1. The first kappa shape index (κ1) is 27.2. The van der Waals surface area contributed by atoms with Gasteiger partial charge in [-0.3, -0.25) is 4.40 Å². The number of hydrogen-bond acceptors (Lipinski definition) is 4. The van der Waals surface area contributed by atoms with Crippen LogP contribution in [0.2, 0.25) is 0 Å². The highest BCUT2D eigenvalue weighted by Crippen LogP contribution is 2.38. The summed E-state index contributed by atoms with van der Waals surface area (Å²) in [6.45, 7) is 10.6. The number of nitrogens with two attached hydrogens (primary N) is 1. The first-order valence-electron chi connectivity index (χ1n) is 13.9. The molecule has 4 N–H and O–H groups in total. The third-order valence-corrected chi connectivity index (χ3v) is 7.15. The fraction of sp³-hybridized carbons (Fsp3) is 0.387. The number of H-pyrrole nitrogens is 2. The maximum absolute atomic E-state index is 6.28. The normalized spacial score (nSPS) is 17.3. The summed E-state index contributed by atoms with van der Waals surface area (Å²) in [6, 6.07) is 10.1. The van der Waals surface area contributed by atoms with Crippen molar-refractivity contribution in [3.05, 3.63) is 72.2 Å². The van der Waals surface area contributed by atoms with Gasteiger partial charge in [0, 0.05) is 24.0 Å². The minimum atomic E-state index is 0.486. The second-order valence-corrected chi connectivity index (χ2v) is 9.82. The lowest BCUT2D eigenvalue weighted by molar-refractivity contribution is 0.339. The quantitative estimate of drug-likeness (QED) is 0.228. The molecule has 1 aromatic carbocycles. The van der Waals surface area contributed by atoms with Gasteiger partial charge in [-0.1, -0.05) is 58.7 Å². The lowest BCUT2D eigenvalue weighted by atomic mass is 9.82. The molecule has 1 saturated carbocycles. The summed E-state index contributed by atoms with van der Waals surface area (Å²) in [6.07, 6.45) is 15.7. The van der Waals surface area contributed by atoms with Gasteiger partial charge in [0.25, 0.3) is 0 Å². The first-order chi connectivity index (χ1) is 18.5. The maximum atomic E-state index is 6.28. The van der Waals surface area contributed by atoms with E-state index in [0.717, 1.165) is 51.8 Å². The van der Waals surface area contributed by atoms with E-state index in [1.165, 1.54) is 31.2 Å². The highest BCUT2D eigenvalue weighted by Gasteiger charge is 2.26. The average molecular weight is 512 g/mol. The van der Waals surface area contributed by atoms with Crippen LogP contribution < -0.4 is 5.73 Å². The molecule has 200 valence electrons. The number of imidazole rings is 2. The molecule has 6 rings (SSSR count). The van der Waals surface area contributed by atoms with Crippen LogP contribution >= 0.6 is 0 Å². The van der Waals surface area contributed by atoms with Crippen molar-refractivity contribution in [1.29, 1.82) is 0 Å². The van der Waals surface area contributed by atoms with Crippen molar-refractivity contribution in [3.63, 3.8) is 0 Å². The lowest BCUT2D eigenvalue weighted by Crippen LogP contribution is -2.13. The van der Waals surface area contributed by atoms with Gasteiger partial charge >= 0.3 is 0 Å². The molecule has 7 heteroatoms. The number of hydrogen-bond donors (Lipinski definition) is 3. The van der Waals surface area contributed by atoms with Gasteiger partial charge < -0.3 is 15.7 Å². The molecule has 7 nitrogen and oxygen atoms in total. The predicted octanol–water partition coefficient (Wildman–Crippen LogP) is 7.92. The maximum Gasteiger partial charge on any atom is 0.150 e. The van der Waals surface area contributed by atoms with Crippen LogP contribution in [0, 0.1) is 12.8 Å². The van der Waals surface area contributed by atoms with Crippen molar-refractivity contribution in [1.82, 2.24) is 29.3 Å².